The Balaban J connectivity index is 2.32. The fourth-order valence-electron chi connectivity index (χ4n) is 2.16. The molecule has 2 heterocycles. The summed E-state index contributed by atoms with van der Waals surface area (Å²) >= 11 is 6.24. The van der Waals surface area contributed by atoms with Gasteiger partial charge in [-0.3, -0.25) is 0 Å². The molecule has 6 heteroatoms. The number of halogens is 1. The molecule has 0 radical (unpaired) electrons. The summed E-state index contributed by atoms with van der Waals surface area (Å²) < 4.78 is 0. The van der Waals surface area contributed by atoms with Gasteiger partial charge in [-0.1, -0.05) is 11.6 Å². The third kappa shape index (κ3) is 3.28. The molecule has 1 fully saturated rings. The van der Waals surface area contributed by atoms with Crippen molar-refractivity contribution in [2.45, 2.75) is 39.8 Å². The van der Waals surface area contributed by atoms with Crippen molar-refractivity contribution in [1.29, 1.82) is 0 Å². The van der Waals surface area contributed by atoms with Crippen molar-refractivity contribution in [3.8, 4) is 0 Å². The molecule has 19 heavy (non-hydrogen) atoms. The maximum Gasteiger partial charge on any atom is 0.229 e. The first-order chi connectivity index (χ1) is 8.99. The van der Waals surface area contributed by atoms with Crippen LogP contribution in [0, 0.1) is 6.92 Å². The van der Waals surface area contributed by atoms with Crippen LogP contribution in [-0.2, 0) is 0 Å². The summed E-state index contributed by atoms with van der Waals surface area (Å²) in [5.74, 6) is 1.54. The van der Waals surface area contributed by atoms with Gasteiger partial charge >= 0.3 is 0 Å². The lowest BCUT2D eigenvalue weighted by Crippen LogP contribution is -2.50. The minimum absolute atomic E-state index is 0.318. The van der Waals surface area contributed by atoms with Crippen LogP contribution < -0.4 is 15.5 Å². The molecule has 0 spiro atoms. The lowest BCUT2D eigenvalue weighted by atomic mass is 10.2. The Bertz CT molecular complexity index is 449. The van der Waals surface area contributed by atoms with E-state index in [-0.39, 0.29) is 0 Å². The van der Waals surface area contributed by atoms with Crippen LogP contribution in [0.15, 0.2) is 0 Å². The van der Waals surface area contributed by atoms with Crippen molar-refractivity contribution < 1.29 is 0 Å². The number of anilines is 2. The zero-order valence-corrected chi connectivity index (χ0v) is 12.8. The molecule has 1 aromatic heterocycles. The van der Waals surface area contributed by atoms with E-state index in [1.54, 1.807) is 0 Å². The normalized spacial score (nSPS) is 19.9. The van der Waals surface area contributed by atoms with Crippen molar-refractivity contribution in [3.63, 3.8) is 0 Å². The van der Waals surface area contributed by atoms with Gasteiger partial charge in [0.05, 0.1) is 0 Å². The minimum atomic E-state index is 0.318. The molecule has 5 nitrogen and oxygen atoms in total. The molecule has 1 unspecified atom stereocenters. The van der Waals surface area contributed by atoms with Crippen molar-refractivity contribution in [1.82, 2.24) is 15.3 Å². The molecule has 106 valence electrons. The first kappa shape index (κ1) is 14.3. The summed E-state index contributed by atoms with van der Waals surface area (Å²) in [6, 6.07) is 0.692. The quantitative estimate of drug-likeness (QED) is 0.832. The summed E-state index contributed by atoms with van der Waals surface area (Å²) in [5, 5.41) is 7.22. The highest BCUT2D eigenvalue weighted by atomic mass is 35.5. The maximum absolute atomic E-state index is 6.24. The predicted octanol–water partition coefficient (Wildman–Crippen LogP) is 2.06. The zero-order valence-electron chi connectivity index (χ0n) is 12.0. The third-order valence-corrected chi connectivity index (χ3v) is 3.63. The molecule has 2 rings (SSSR count). The van der Waals surface area contributed by atoms with Gasteiger partial charge in [-0.2, -0.15) is 4.98 Å². The number of nitrogens with zero attached hydrogens (tertiary/aromatic N) is 3. The maximum atomic E-state index is 6.24. The van der Waals surface area contributed by atoms with E-state index in [1.807, 2.05) is 6.92 Å². The molecule has 1 aliphatic heterocycles. The lowest BCUT2D eigenvalue weighted by Gasteiger charge is -2.34. The van der Waals surface area contributed by atoms with E-state index in [4.69, 9.17) is 11.6 Å². The van der Waals surface area contributed by atoms with E-state index in [9.17, 15) is 0 Å². The summed E-state index contributed by atoms with van der Waals surface area (Å²) in [6.07, 6.45) is 0. The Morgan fingerprint density at radius 2 is 2.16 bits per heavy atom. The van der Waals surface area contributed by atoms with Crippen molar-refractivity contribution in [2.75, 3.05) is 29.9 Å². The zero-order chi connectivity index (χ0) is 14.0. The number of nitrogens with one attached hydrogen (secondary N) is 2. The van der Waals surface area contributed by atoms with Crippen LogP contribution in [0.2, 0.25) is 5.15 Å². The van der Waals surface area contributed by atoms with Gasteiger partial charge in [-0.05, 0) is 27.7 Å². The number of hydrogen-bond acceptors (Lipinski definition) is 5. The number of aromatic nitrogens is 2. The van der Waals surface area contributed by atoms with Crippen molar-refractivity contribution in [2.24, 2.45) is 0 Å². The van der Waals surface area contributed by atoms with Crippen LogP contribution in [0.25, 0.3) is 0 Å². The van der Waals surface area contributed by atoms with Gasteiger partial charge in [-0.25, -0.2) is 4.98 Å². The smallest absolute Gasteiger partial charge is 0.229 e. The Morgan fingerprint density at radius 1 is 1.42 bits per heavy atom. The Kier molecular flexibility index (Phi) is 4.47. The van der Waals surface area contributed by atoms with E-state index < -0.39 is 0 Å². The van der Waals surface area contributed by atoms with Gasteiger partial charge in [0.1, 0.15) is 11.0 Å². The molecular weight excluding hydrogens is 262 g/mol. The summed E-state index contributed by atoms with van der Waals surface area (Å²) in [5.41, 5.74) is 0.905. The average Bonchev–Trinajstić information content (AvgIpc) is 2.35. The molecule has 0 amide bonds. The summed E-state index contributed by atoms with van der Waals surface area (Å²) in [7, 11) is 0. The molecule has 1 aliphatic rings. The van der Waals surface area contributed by atoms with Crippen LogP contribution in [0.5, 0.6) is 0 Å². The first-order valence-electron chi connectivity index (χ1n) is 6.77. The van der Waals surface area contributed by atoms with E-state index in [1.165, 1.54) is 0 Å². The Hall–Kier alpha value is -1.07. The highest BCUT2D eigenvalue weighted by Crippen LogP contribution is 2.25. The fraction of sp³-hybridized carbons (Fsp3) is 0.692. The minimum Gasteiger partial charge on any atom is -0.367 e. The molecule has 1 saturated heterocycles. The van der Waals surface area contributed by atoms with Gasteiger partial charge in [0.2, 0.25) is 5.95 Å². The van der Waals surface area contributed by atoms with Crippen molar-refractivity contribution >= 4 is 23.4 Å². The second kappa shape index (κ2) is 5.92. The predicted molar refractivity (Wildman–Crippen MR) is 80.2 cm³/mol. The van der Waals surface area contributed by atoms with Crippen LogP contribution in [0.4, 0.5) is 11.8 Å². The highest BCUT2D eigenvalue weighted by molar-refractivity contribution is 6.30. The van der Waals surface area contributed by atoms with Gasteiger partial charge in [0.25, 0.3) is 0 Å². The van der Waals surface area contributed by atoms with Crippen LogP contribution >= 0.6 is 11.6 Å². The van der Waals surface area contributed by atoms with Crippen LogP contribution in [0.1, 0.15) is 26.3 Å². The fourth-order valence-corrected chi connectivity index (χ4v) is 2.32. The van der Waals surface area contributed by atoms with E-state index >= 15 is 0 Å². The van der Waals surface area contributed by atoms with E-state index in [0.29, 0.717) is 23.2 Å². The topological polar surface area (TPSA) is 53.1 Å². The Morgan fingerprint density at radius 3 is 2.79 bits per heavy atom. The molecular formula is C13H22ClN5. The van der Waals surface area contributed by atoms with Gasteiger partial charge in [0.15, 0.2) is 0 Å². The van der Waals surface area contributed by atoms with Gasteiger partial charge in [0, 0.05) is 37.3 Å². The lowest BCUT2D eigenvalue weighted by molar-refractivity contribution is 0.493. The second-order valence-electron chi connectivity index (χ2n) is 5.33. The Labute approximate surface area is 119 Å². The van der Waals surface area contributed by atoms with Gasteiger partial charge < -0.3 is 15.5 Å². The molecule has 2 N–H and O–H groups in total. The highest BCUT2D eigenvalue weighted by Gasteiger charge is 2.22. The second-order valence-corrected chi connectivity index (χ2v) is 5.69. The van der Waals surface area contributed by atoms with E-state index in [0.717, 1.165) is 31.0 Å². The standard InChI is InChI=1S/C13H22ClN5/c1-8(2)16-12-10(4)11(14)17-13(18-12)19-6-5-15-7-9(19)3/h8-9,15H,5-7H2,1-4H3,(H,16,17,18). The molecule has 0 bridgehead atoms. The number of rotatable bonds is 3. The van der Waals surface area contributed by atoms with Crippen LogP contribution in [-0.4, -0.2) is 41.7 Å². The molecule has 0 aromatic carbocycles. The van der Waals surface area contributed by atoms with Crippen molar-refractivity contribution in [3.05, 3.63) is 10.7 Å². The average molecular weight is 284 g/mol. The molecule has 1 aromatic rings. The summed E-state index contributed by atoms with van der Waals surface area (Å²) in [4.78, 5) is 11.3. The monoisotopic (exact) mass is 283 g/mol. The summed E-state index contributed by atoms with van der Waals surface area (Å²) in [6.45, 7) is 11.1. The van der Waals surface area contributed by atoms with Crippen LogP contribution in [0.3, 0.4) is 0 Å². The number of hydrogen-bond donors (Lipinski definition) is 2. The number of piperazine rings is 1. The third-order valence-electron chi connectivity index (χ3n) is 3.26. The largest absolute Gasteiger partial charge is 0.367 e. The molecule has 0 aliphatic carbocycles. The molecule has 1 atom stereocenters. The first-order valence-corrected chi connectivity index (χ1v) is 7.15. The molecule has 0 saturated carbocycles. The van der Waals surface area contributed by atoms with E-state index in [2.05, 4.69) is 46.3 Å². The van der Waals surface area contributed by atoms with Gasteiger partial charge in [-0.15, -0.1) is 0 Å². The SMILES string of the molecule is Cc1c(Cl)nc(N2CCNCC2C)nc1NC(C)C.